The minimum atomic E-state index is 0.459. The zero-order chi connectivity index (χ0) is 16.8. The van der Waals surface area contributed by atoms with E-state index in [0.29, 0.717) is 18.4 Å². The van der Waals surface area contributed by atoms with E-state index in [1.165, 1.54) is 5.56 Å². The number of nitrogens with zero attached hydrogens (tertiary/aromatic N) is 1. The number of phenols is 1. The molecule has 0 saturated heterocycles. The van der Waals surface area contributed by atoms with Crippen LogP contribution in [-0.4, -0.2) is 35.7 Å². The van der Waals surface area contributed by atoms with Gasteiger partial charge in [0.25, 0.3) is 0 Å². The van der Waals surface area contributed by atoms with E-state index in [4.69, 9.17) is 4.74 Å². The summed E-state index contributed by atoms with van der Waals surface area (Å²) in [5, 5.41) is 10.0. The minimum absolute atomic E-state index is 0.459. The molecular formula is C21H27NO2. The highest BCUT2D eigenvalue weighted by Gasteiger charge is 2.25. The Morgan fingerprint density at radius 1 is 1.08 bits per heavy atom. The Balaban J connectivity index is 1.59. The zero-order valence-corrected chi connectivity index (χ0v) is 14.4. The molecule has 3 heteroatoms. The zero-order valence-electron chi connectivity index (χ0n) is 14.4. The van der Waals surface area contributed by atoms with E-state index in [1.54, 1.807) is 6.07 Å². The van der Waals surface area contributed by atoms with Crippen molar-refractivity contribution >= 4 is 0 Å². The van der Waals surface area contributed by atoms with Crippen molar-refractivity contribution in [3.8, 4) is 11.5 Å². The smallest absolute Gasteiger partial charge is 0.119 e. The van der Waals surface area contributed by atoms with Crippen molar-refractivity contribution in [1.29, 1.82) is 0 Å². The second-order valence-electron chi connectivity index (χ2n) is 6.51. The maximum absolute atomic E-state index is 10.0. The summed E-state index contributed by atoms with van der Waals surface area (Å²) < 4.78 is 5.88. The number of ether oxygens (including phenoxy) is 1. The van der Waals surface area contributed by atoms with Crippen LogP contribution in [0.15, 0.2) is 48.5 Å². The monoisotopic (exact) mass is 325 g/mol. The van der Waals surface area contributed by atoms with Gasteiger partial charge in [0.05, 0.1) is 0 Å². The number of hydrogen-bond donors (Lipinski definition) is 1. The third-order valence-corrected chi connectivity index (χ3v) is 4.85. The molecule has 2 aromatic rings. The minimum Gasteiger partial charge on any atom is -0.508 e. The lowest BCUT2D eigenvalue weighted by atomic mass is 9.87. The van der Waals surface area contributed by atoms with Gasteiger partial charge in [0.1, 0.15) is 18.1 Å². The Kier molecular flexibility index (Phi) is 5.76. The molecule has 1 aliphatic rings. The molecule has 0 bridgehead atoms. The summed E-state index contributed by atoms with van der Waals surface area (Å²) in [6.45, 7) is 4.99. The van der Waals surface area contributed by atoms with Crippen molar-refractivity contribution < 1.29 is 9.84 Å². The summed E-state index contributed by atoms with van der Waals surface area (Å²) >= 11 is 0. The molecule has 0 radical (unpaired) electrons. The van der Waals surface area contributed by atoms with Crippen molar-refractivity contribution in [1.82, 2.24) is 4.90 Å². The number of aromatic hydroxyl groups is 1. The van der Waals surface area contributed by atoms with Crippen LogP contribution in [0.5, 0.6) is 11.5 Å². The van der Waals surface area contributed by atoms with Gasteiger partial charge in [-0.15, -0.1) is 0 Å². The van der Waals surface area contributed by atoms with Crippen LogP contribution < -0.4 is 4.74 Å². The quantitative estimate of drug-likeness (QED) is 0.834. The molecule has 1 atom stereocenters. The van der Waals surface area contributed by atoms with Crippen LogP contribution in [0.4, 0.5) is 0 Å². The third-order valence-electron chi connectivity index (χ3n) is 4.85. The van der Waals surface area contributed by atoms with E-state index < -0.39 is 0 Å². The summed E-state index contributed by atoms with van der Waals surface area (Å²) in [7, 11) is 0. The van der Waals surface area contributed by atoms with Crippen molar-refractivity contribution in [2.24, 2.45) is 0 Å². The van der Waals surface area contributed by atoms with Gasteiger partial charge < -0.3 is 9.84 Å². The molecule has 0 amide bonds. The van der Waals surface area contributed by atoms with Gasteiger partial charge in [0.2, 0.25) is 0 Å². The normalized spacial score (nSPS) is 16.8. The molecule has 24 heavy (non-hydrogen) atoms. The van der Waals surface area contributed by atoms with Gasteiger partial charge in [-0.3, -0.25) is 4.90 Å². The molecule has 1 unspecified atom stereocenters. The Labute approximate surface area is 144 Å². The molecule has 0 aromatic heterocycles. The molecule has 0 heterocycles. The molecule has 3 rings (SSSR count). The van der Waals surface area contributed by atoms with Crippen LogP contribution in [0.25, 0.3) is 0 Å². The third kappa shape index (κ3) is 4.09. The number of para-hydroxylation sites is 1. The van der Waals surface area contributed by atoms with E-state index in [9.17, 15) is 5.11 Å². The average molecular weight is 325 g/mol. The van der Waals surface area contributed by atoms with Crippen LogP contribution in [0.1, 0.15) is 30.9 Å². The predicted molar refractivity (Wildman–Crippen MR) is 97.7 cm³/mol. The van der Waals surface area contributed by atoms with Gasteiger partial charge in [-0.25, -0.2) is 0 Å². The molecule has 0 aliphatic heterocycles. The number of benzene rings is 2. The van der Waals surface area contributed by atoms with Gasteiger partial charge in [0.15, 0.2) is 0 Å². The summed E-state index contributed by atoms with van der Waals surface area (Å²) in [6.07, 6.45) is 4.24. The number of hydrogen-bond acceptors (Lipinski definition) is 3. The standard InChI is InChI=1S/C21H27NO2/c1-2-13-22(14-15-24-19-8-4-3-5-9-19)18-11-12-20-17(16-18)7-6-10-21(20)23/h3-10,18,23H,2,11-16H2,1H3. The average Bonchev–Trinajstić information content (AvgIpc) is 2.62. The molecule has 2 aromatic carbocycles. The number of rotatable bonds is 7. The van der Waals surface area contributed by atoms with E-state index in [-0.39, 0.29) is 0 Å². The van der Waals surface area contributed by atoms with E-state index in [0.717, 1.165) is 50.1 Å². The second-order valence-corrected chi connectivity index (χ2v) is 6.51. The van der Waals surface area contributed by atoms with E-state index >= 15 is 0 Å². The summed E-state index contributed by atoms with van der Waals surface area (Å²) in [4.78, 5) is 2.55. The molecule has 0 fully saturated rings. The molecule has 0 spiro atoms. The van der Waals surface area contributed by atoms with Gasteiger partial charge in [-0.05, 0) is 61.6 Å². The fourth-order valence-electron chi connectivity index (χ4n) is 3.64. The fourth-order valence-corrected chi connectivity index (χ4v) is 3.64. The number of fused-ring (bicyclic) bond motifs is 1. The largest absolute Gasteiger partial charge is 0.508 e. The van der Waals surface area contributed by atoms with Crippen LogP contribution in [0, 0.1) is 0 Å². The first kappa shape index (κ1) is 16.8. The lowest BCUT2D eigenvalue weighted by Gasteiger charge is -2.35. The topological polar surface area (TPSA) is 32.7 Å². The Morgan fingerprint density at radius 2 is 1.92 bits per heavy atom. The molecule has 0 saturated carbocycles. The first-order chi connectivity index (χ1) is 11.8. The number of phenolic OH excluding ortho intramolecular Hbond substituents is 1. The van der Waals surface area contributed by atoms with Crippen molar-refractivity contribution in [2.75, 3.05) is 19.7 Å². The van der Waals surface area contributed by atoms with Crippen LogP contribution in [0.3, 0.4) is 0 Å². The highest BCUT2D eigenvalue weighted by molar-refractivity contribution is 5.41. The lowest BCUT2D eigenvalue weighted by Crippen LogP contribution is -2.42. The van der Waals surface area contributed by atoms with E-state index in [1.807, 2.05) is 36.4 Å². The fraction of sp³-hybridized carbons (Fsp3) is 0.429. The Bertz CT molecular complexity index is 642. The predicted octanol–water partition coefficient (Wildman–Crippen LogP) is 4.04. The molecular weight excluding hydrogens is 298 g/mol. The van der Waals surface area contributed by atoms with Gasteiger partial charge in [-0.2, -0.15) is 0 Å². The van der Waals surface area contributed by atoms with Gasteiger partial charge >= 0.3 is 0 Å². The Hall–Kier alpha value is -2.00. The summed E-state index contributed by atoms with van der Waals surface area (Å²) in [5.41, 5.74) is 2.45. The van der Waals surface area contributed by atoms with Crippen LogP contribution in [-0.2, 0) is 12.8 Å². The highest BCUT2D eigenvalue weighted by Crippen LogP contribution is 2.30. The highest BCUT2D eigenvalue weighted by atomic mass is 16.5. The SMILES string of the molecule is CCCN(CCOc1ccccc1)C1CCc2c(O)cccc2C1. The first-order valence-electron chi connectivity index (χ1n) is 8.99. The first-order valence-corrected chi connectivity index (χ1v) is 8.99. The maximum atomic E-state index is 10.0. The molecule has 1 N–H and O–H groups in total. The summed E-state index contributed by atoms with van der Waals surface area (Å²) in [6, 6.07) is 16.5. The van der Waals surface area contributed by atoms with Crippen molar-refractivity contribution in [3.05, 3.63) is 59.7 Å². The van der Waals surface area contributed by atoms with E-state index in [2.05, 4.69) is 17.9 Å². The Morgan fingerprint density at radius 3 is 2.71 bits per heavy atom. The van der Waals surface area contributed by atoms with Gasteiger partial charge in [-0.1, -0.05) is 37.3 Å². The molecule has 128 valence electrons. The van der Waals surface area contributed by atoms with Crippen molar-refractivity contribution in [3.63, 3.8) is 0 Å². The van der Waals surface area contributed by atoms with Crippen LogP contribution >= 0.6 is 0 Å². The van der Waals surface area contributed by atoms with Gasteiger partial charge in [0, 0.05) is 12.6 Å². The summed E-state index contributed by atoms with van der Waals surface area (Å²) in [5.74, 6) is 1.40. The second kappa shape index (κ2) is 8.20. The molecule has 3 nitrogen and oxygen atoms in total. The molecule has 1 aliphatic carbocycles. The van der Waals surface area contributed by atoms with Crippen molar-refractivity contribution in [2.45, 2.75) is 38.6 Å². The maximum Gasteiger partial charge on any atom is 0.119 e. The van der Waals surface area contributed by atoms with Crippen LogP contribution in [0.2, 0.25) is 0 Å². The lowest BCUT2D eigenvalue weighted by molar-refractivity contribution is 0.147.